The fourth-order valence-electron chi connectivity index (χ4n) is 2.55. The summed E-state index contributed by atoms with van der Waals surface area (Å²) < 4.78 is 22.3. The van der Waals surface area contributed by atoms with Crippen molar-refractivity contribution in [3.63, 3.8) is 0 Å². The Balaban J connectivity index is 2.02. The highest BCUT2D eigenvalue weighted by Crippen LogP contribution is 2.27. The van der Waals surface area contributed by atoms with E-state index in [0.29, 0.717) is 6.54 Å². The molecule has 1 aliphatic carbocycles. The number of nitrogens with two attached hydrogens (primary N) is 1. The van der Waals surface area contributed by atoms with E-state index in [-0.39, 0.29) is 4.90 Å². The van der Waals surface area contributed by atoms with Crippen LogP contribution >= 0.6 is 0 Å². The lowest BCUT2D eigenvalue weighted by molar-refractivity contribution is 0.296. The molecule has 6 heteroatoms. The third-order valence-electron chi connectivity index (χ3n) is 3.80. The van der Waals surface area contributed by atoms with Crippen molar-refractivity contribution in [3.05, 3.63) is 29.8 Å². The molecule has 0 unspecified atom stereocenters. The minimum atomic E-state index is -3.64. The van der Waals surface area contributed by atoms with Gasteiger partial charge >= 0.3 is 0 Å². The lowest BCUT2D eigenvalue weighted by Gasteiger charge is -2.31. The molecule has 0 saturated heterocycles. The Hall–Kier alpha value is -1.42. The monoisotopic (exact) mass is 293 g/mol. The first kappa shape index (κ1) is 15.0. The number of rotatable bonds is 4. The SMILES string of the molecule is N#CC1(NCc2ccc(S(N)(=O)=O)cc2)CCCCC1. The maximum Gasteiger partial charge on any atom is 0.238 e. The second kappa shape index (κ2) is 5.92. The van der Waals surface area contributed by atoms with E-state index in [2.05, 4.69) is 11.4 Å². The van der Waals surface area contributed by atoms with Gasteiger partial charge in [0.25, 0.3) is 0 Å². The summed E-state index contributed by atoms with van der Waals surface area (Å²) in [7, 11) is -3.64. The van der Waals surface area contributed by atoms with Gasteiger partial charge in [-0.15, -0.1) is 0 Å². The zero-order chi connectivity index (χ0) is 14.6. The van der Waals surface area contributed by atoms with Crippen molar-refractivity contribution in [1.82, 2.24) is 5.32 Å². The largest absolute Gasteiger partial charge is 0.295 e. The molecule has 108 valence electrons. The van der Waals surface area contributed by atoms with Crippen LogP contribution in [0.25, 0.3) is 0 Å². The zero-order valence-corrected chi connectivity index (χ0v) is 12.1. The topological polar surface area (TPSA) is 96.0 Å². The lowest BCUT2D eigenvalue weighted by atomic mass is 9.83. The molecule has 20 heavy (non-hydrogen) atoms. The first-order valence-electron chi connectivity index (χ1n) is 6.73. The Morgan fingerprint density at radius 2 is 1.80 bits per heavy atom. The van der Waals surface area contributed by atoms with Gasteiger partial charge in [0.05, 0.1) is 11.0 Å². The van der Waals surface area contributed by atoms with E-state index in [0.717, 1.165) is 31.2 Å². The number of sulfonamides is 1. The summed E-state index contributed by atoms with van der Waals surface area (Å²) in [5, 5.41) is 17.7. The molecule has 3 N–H and O–H groups in total. The summed E-state index contributed by atoms with van der Waals surface area (Å²) in [4.78, 5) is 0.105. The predicted molar refractivity (Wildman–Crippen MR) is 76.1 cm³/mol. The molecule has 0 radical (unpaired) electrons. The van der Waals surface area contributed by atoms with Gasteiger partial charge in [-0.05, 0) is 30.5 Å². The van der Waals surface area contributed by atoms with Gasteiger partial charge in [-0.25, -0.2) is 13.6 Å². The molecule has 0 heterocycles. The van der Waals surface area contributed by atoms with Gasteiger partial charge in [-0.2, -0.15) is 5.26 Å². The molecule has 0 spiro atoms. The van der Waals surface area contributed by atoms with Crippen LogP contribution in [-0.2, 0) is 16.6 Å². The van der Waals surface area contributed by atoms with Crippen molar-refractivity contribution >= 4 is 10.0 Å². The Labute approximate surface area is 119 Å². The van der Waals surface area contributed by atoms with E-state index in [1.54, 1.807) is 12.1 Å². The number of nitriles is 1. The first-order chi connectivity index (χ1) is 9.45. The van der Waals surface area contributed by atoms with Crippen LogP contribution in [0.4, 0.5) is 0 Å². The predicted octanol–water partition coefficient (Wildman–Crippen LogP) is 1.65. The number of hydrogen-bond donors (Lipinski definition) is 2. The Morgan fingerprint density at radius 3 is 2.30 bits per heavy atom. The van der Waals surface area contributed by atoms with Crippen molar-refractivity contribution < 1.29 is 8.42 Å². The molecule has 0 aromatic heterocycles. The van der Waals surface area contributed by atoms with Crippen LogP contribution < -0.4 is 10.5 Å². The Kier molecular flexibility index (Phi) is 4.43. The third-order valence-corrected chi connectivity index (χ3v) is 4.73. The second-order valence-electron chi connectivity index (χ2n) is 5.30. The highest BCUT2D eigenvalue weighted by molar-refractivity contribution is 7.89. The smallest absolute Gasteiger partial charge is 0.238 e. The van der Waals surface area contributed by atoms with Crippen molar-refractivity contribution in [2.24, 2.45) is 5.14 Å². The Morgan fingerprint density at radius 1 is 1.20 bits per heavy atom. The summed E-state index contributed by atoms with van der Waals surface area (Å²) in [6, 6.07) is 8.83. The van der Waals surface area contributed by atoms with Gasteiger partial charge in [-0.3, -0.25) is 5.32 Å². The molecule has 1 aliphatic rings. The molecule has 2 rings (SSSR count). The van der Waals surface area contributed by atoms with E-state index >= 15 is 0 Å². The molecule has 0 atom stereocenters. The highest BCUT2D eigenvalue weighted by atomic mass is 32.2. The average molecular weight is 293 g/mol. The van der Waals surface area contributed by atoms with Crippen LogP contribution in [0.2, 0.25) is 0 Å². The van der Waals surface area contributed by atoms with Crippen LogP contribution in [0, 0.1) is 11.3 Å². The van der Waals surface area contributed by atoms with Crippen molar-refractivity contribution in [2.75, 3.05) is 0 Å². The van der Waals surface area contributed by atoms with E-state index in [4.69, 9.17) is 5.14 Å². The highest BCUT2D eigenvalue weighted by Gasteiger charge is 2.31. The molecular formula is C14H19N3O2S. The minimum absolute atomic E-state index is 0.105. The van der Waals surface area contributed by atoms with Crippen molar-refractivity contribution in [2.45, 2.75) is 49.1 Å². The molecule has 0 aliphatic heterocycles. The first-order valence-corrected chi connectivity index (χ1v) is 8.28. The average Bonchev–Trinajstić information content (AvgIpc) is 2.46. The van der Waals surface area contributed by atoms with Gasteiger partial charge in [0.1, 0.15) is 5.54 Å². The van der Waals surface area contributed by atoms with E-state index < -0.39 is 15.6 Å². The summed E-state index contributed by atoms with van der Waals surface area (Å²) in [6.45, 7) is 0.554. The Bertz CT molecular complexity index is 596. The molecule has 1 saturated carbocycles. The van der Waals surface area contributed by atoms with Gasteiger partial charge in [-0.1, -0.05) is 31.4 Å². The minimum Gasteiger partial charge on any atom is -0.295 e. The van der Waals surface area contributed by atoms with Crippen molar-refractivity contribution in [3.8, 4) is 6.07 Å². The standard InChI is InChI=1S/C14H19N3O2S/c15-11-14(8-2-1-3-9-14)17-10-12-4-6-13(7-5-12)20(16,18)19/h4-7,17H,1-3,8-10H2,(H2,16,18,19). The normalized spacial score (nSPS) is 18.4. The van der Waals surface area contributed by atoms with E-state index in [1.165, 1.54) is 18.6 Å². The van der Waals surface area contributed by atoms with E-state index in [1.807, 2.05) is 0 Å². The number of benzene rings is 1. The second-order valence-corrected chi connectivity index (χ2v) is 6.86. The van der Waals surface area contributed by atoms with Gasteiger partial charge in [0, 0.05) is 6.54 Å². The number of nitrogens with zero attached hydrogens (tertiary/aromatic N) is 1. The summed E-state index contributed by atoms with van der Waals surface area (Å²) >= 11 is 0. The summed E-state index contributed by atoms with van der Waals surface area (Å²) in [5.41, 5.74) is 0.509. The van der Waals surface area contributed by atoms with E-state index in [9.17, 15) is 13.7 Å². The van der Waals surface area contributed by atoms with Crippen LogP contribution in [0.15, 0.2) is 29.2 Å². The molecular weight excluding hydrogens is 274 g/mol. The fourth-order valence-corrected chi connectivity index (χ4v) is 3.07. The molecule has 5 nitrogen and oxygen atoms in total. The fraction of sp³-hybridized carbons (Fsp3) is 0.500. The zero-order valence-electron chi connectivity index (χ0n) is 11.3. The summed E-state index contributed by atoms with van der Waals surface area (Å²) in [6.07, 6.45) is 5.08. The maximum absolute atomic E-state index is 11.2. The van der Waals surface area contributed by atoms with Crippen LogP contribution in [-0.4, -0.2) is 14.0 Å². The molecule has 0 amide bonds. The van der Waals surface area contributed by atoms with Gasteiger partial charge in [0.2, 0.25) is 10.0 Å². The lowest BCUT2D eigenvalue weighted by Crippen LogP contribution is -2.44. The molecule has 1 aromatic carbocycles. The van der Waals surface area contributed by atoms with Gasteiger partial charge in [0.15, 0.2) is 0 Å². The van der Waals surface area contributed by atoms with Gasteiger partial charge < -0.3 is 0 Å². The van der Waals surface area contributed by atoms with Crippen LogP contribution in [0.3, 0.4) is 0 Å². The molecule has 1 aromatic rings. The quantitative estimate of drug-likeness (QED) is 0.882. The van der Waals surface area contributed by atoms with Crippen LogP contribution in [0.1, 0.15) is 37.7 Å². The summed E-state index contributed by atoms with van der Waals surface area (Å²) in [5.74, 6) is 0. The molecule has 0 bridgehead atoms. The number of primary sulfonamides is 1. The molecule has 1 fully saturated rings. The van der Waals surface area contributed by atoms with Crippen LogP contribution in [0.5, 0.6) is 0 Å². The van der Waals surface area contributed by atoms with Crippen molar-refractivity contribution in [1.29, 1.82) is 5.26 Å². The third kappa shape index (κ3) is 3.57. The number of hydrogen-bond acceptors (Lipinski definition) is 4. The maximum atomic E-state index is 11.2. The number of nitrogens with one attached hydrogen (secondary N) is 1.